The van der Waals surface area contributed by atoms with Gasteiger partial charge in [-0.2, -0.15) is 0 Å². The second kappa shape index (κ2) is 6.25. The Labute approximate surface area is 77.5 Å². The average molecular weight is 186 g/mol. The number of aliphatic hydroxyl groups excluding tert-OH is 1. The van der Waals surface area contributed by atoms with Gasteiger partial charge in [0.2, 0.25) is 0 Å². The van der Waals surface area contributed by atoms with Gasteiger partial charge in [-0.1, -0.05) is 6.58 Å². The molecule has 0 aromatic carbocycles. The number of aliphatic hydroxyl groups is 1. The molecule has 0 radical (unpaired) electrons. The van der Waals surface area contributed by atoms with Gasteiger partial charge in [0.1, 0.15) is 6.61 Å². The molecule has 0 spiro atoms. The summed E-state index contributed by atoms with van der Waals surface area (Å²) in [7, 11) is 0. The zero-order chi connectivity index (χ0) is 10.3. The van der Waals surface area contributed by atoms with Crippen LogP contribution in [0, 0.1) is 0 Å². The standard InChI is InChI=1S/C9H14O4/c1-7(2)13-9(11)8(3)6-12-5-4-10/h6,10H,1,4-5H2,2-3H3. The summed E-state index contributed by atoms with van der Waals surface area (Å²) in [6.45, 7) is 6.64. The van der Waals surface area contributed by atoms with Crippen molar-refractivity contribution in [2.24, 2.45) is 0 Å². The highest BCUT2D eigenvalue weighted by atomic mass is 16.5. The Morgan fingerprint density at radius 1 is 1.54 bits per heavy atom. The van der Waals surface area contributed by atoms with Crippen LogP contribution in [0.5, 0.6) is 0 Å². The quantitative estimate of drug-likeness (QED) is 0.301. The van der Waals surface area contributed by atoms with Crippen LogP contribution in [0.25, 0.3) is 0 Å². The maximum absolute atomic E-state index is 11.1. The molecule has 0 unspecified atom stereocenters. The van der Waals surface area contributed by atoms with Crippen LogP contribution in [-0.4, -0.2) is 24.3 Å². The molecule has 4 nitrogen and oxygen atoms in total. The number of carbonyl (C=O) groups excluding carboxylic acids is 1. The number of esters is 1. The van der Waals surface area contributed by atoms with E-state index < -0.39 is 5.97 Å². The first-order chi connectivity index (χ1) is 6.07. The van der Waals surface area contributed by atoms with Gasteiger partial charge in [0.15, 0.2) is 0 Å². The molecule has 0 heterocycles. The SMILES string of the molecule is C=C(C)OC(=O)C(C)=COCCO. The van der Waals surface area contributed by atoms with Crippen LogP contribution in [0.3, 0.4) is 0 Å². The lowest BCUT2D eigenvalue weighted by Gasteiger charge is -2.03. The molecule has 1 N–H and O–H groups in total. The lowest BCUT2D eigenvalue weighted by molar-refractivity contribution is -0.135. The van der Waals surface area contributed by atoms with Crippen LogP contribution in [0.1, 0.15) is 13.8 Å². The summed E-state index contributed by atoms with van der Waals surface area (Å²) in [5.74, 6) is -0.162. The Morgan fingerprint density at radius 2 is 2.15 bits per heavy atom. The van der Waals surface area contributed by atoms with Crippen molar-refractivity contribution in [1.29, 1.82) is 0 Å². The normalized spacial score (nSPS) is 10.8. The molecule has 0 aliphatic rings. The minimum atomic E-state index is -0.495. The van der Waals surface area contributed by atoms with E-state index in [-0.39, 0.29) is 13.2 Å². The van der Waals surface area contributed by atoms with E-state index in [1.54, 1.807) is 13.8 Å². The van der Waals surface area contributed by atoms with Crippen molar-refractivity contribution in [1.82, 2.24) is 0 Å². The summed E-state index contributed by atoms with van der Waals surface area (Å²) in [4.78, 5) is 11.1. The maximum atomic E-state index is 11.1. The molecular weight excluding hydrogens is 172 g/mol. The van der Waals surface area contributed by atoms with Crippen LogP contribution in [0.2, 0.25) is 0 Å². The Bertz CT molecular complexity index is 218. The van der Waals surface area contributed by atoms with Crippen molar-refractivity contribution >= 4 is 5.97 Å². The third kappa shape index (κ3) is 5.93. The predicted octanol–water partition coefficient (Wildman–Crippen LogP) is 0.976. The predicted molar refractivity (Wildman–Crippen MR) is 47.7 cm³/mol. The van der Waals surface area contributed by atoms with Gasteiger partial charge >= 0.3 is 5.97 Å². The minimum Gasteiger partial charge on any atom is -0.498 e. The van der Waals surface area contributed by atoms with Crippen molar-refractivity contribution < 1.29 is 19.4 Å². The van der Waals surface area contributed by atoms with E-state index in [1.807, 2.05) is 0 Å². The van der Waals surface area contributed by atoms with E-state index in [1.165, 1.54) is 6.26 Å². The van der Waals surface area contributed by atoms with Gasteiger partial charge in [0.25, 0.3) is 0 Å². The van der Waals surface area contributed by atoms with Crippen molar-refractivity contribution in [3.05, 3.63) is 24.2 Å². The molecule has 0 amide bonds. The van der Waals surface area contributed by atoms with Gasteiger partial charge < -0.3 is 14.6 Å². The van der Waals surface area contributed by atoms with Crippen LogP contribution in [-0.2, 0) is 14.3 Å². The highest BCUT2D eigenvalue weighted by Gasteiger charge is 2.05. The molecule has 13 heavy (non-hydrogen) atoms. The van der Waals surface area contributed by atoms with Crippen molar-refractivity contribution in [3.8, 4) is 0 Å². The lowest BCUT2D eigenvalue weighted by atomic mass is 10.3. The van der Waals surface area contributed by atoms with Crippen LogP contribution < -0.4 is 0 Å². The summed E-state index contributed by atoms with van der Waals surface area (Å²) < 4.78 is 9.50. The molecule has 0 saturated carbocycles. The molecular formula is C9H14O4. The zero-order valence-electron chi connectivity index (χ0n) is 7.87. The summed E-state index contributed by atoms with van der Waals surface area (Å²) in [6, 6.07) is 0. The monoisotopic (exact) mass is 186 g/mol. The topological polar surface area (TPSA) is 55.8 Å². The average Bonchev–Trinajstić information content (AvgIpc) is 2.03. The first-order valence-corrected chi connectivity index (χ1v) is 3.85. The Balaban J connectivity index is 3.93. The van der Waals surface area contributed by atoms with E-state index in [4.69, 9.17) is 14.6 Å². The van der Waals surface area contributed by atoms with Crippen molar-refractivity contribution in [3.63, 3.8) is 0 Å². The summed E-state index contributed by atoms with van der Waals surface area (Å²) in [5, 5.41) is 8.38. The van der Waals surface area contributed by atoms with E-state index in [0.29, 0.717) is 11.3 Å². The fourth-order valence-electron chi connectivity index (χ4n) is 0.523. The Hall–Kier alpha value is -1.29. The number of allylic oxidation sites excluding steroid dienone is 1. The van der Waals surface area contributed by atoms with Gasteiger partial charge in [-0.3, -0.25) is 0 Å². The van der Waals surface area contributed by atoms with E-state index in [2.05, 4.69) is 6.58 Å². The summed E-state index contributed by atoms with van der Waals surface area (Å²) >= 11 is 0. The molecule has 0 aliphatic heterocycles. The fourth-order valence-corrected chi connectivity index (χ4v) is 0.523. The molecule has 0 saturated heterocycles. The molecule has 0 rings (SSSR count). The first kappa shape index (κ1) is 11.7. The minimum absolute atomic E-state index is 0.0840. The maximum Gasteiger partial charge on any atom is 0.341 e. The Kier molecular flexibility index (Phi) is 5.63. The zero-order valence-corrected chi connectivity index (χ0v) is 7.87. The number of ether oxygens (including phenoxy) is 2. The van der Waals surface area contributed by atoms with Crippen LogP contribution >= 0.6 is 0 Å². The van der Waals surface area contributed by atoms with E-state index >= 15 is 0 Å². The molecule has 0 fully saturated rings. The smallest absolute Gasteiger partial charge is 0.341 e. The van der Waals surface area contributed by atoms with Crippen molar-refractivity contribution in [2.75, 3.05) is 13.2 Å². The van der Waals surface area contributed by atoms with Crippen LogP contribution in [0.4, 0.5) is 0 Å². The molecule has 0 bridgehead atoms. The molecule has 0 aromatic heterocycles. The molecule has 4 heteroatoms. The third-order valence-electron chi connectivity index (χ3n) is 1.06. The van der Waals surface area contributed by atoms with Gasteiger partial charge in [0, 0.05) is 0 Å². The number of hydrogen-bond donors (Lipinski definition) is 1. The van der Waals surface area contributed by atoms with Gasteiger partial charge in [-0.05, 0) is 13.8 Å². The molecule has 0 aliphatic carbocycles. The van der Waals surface area contributed by atoms with Gasteiger partial charge in [0.05, 0.1) is 24.2 Å². The Morgan fingerprint density at radius 3 is 2.62 bits per heavy atom. The fraction of sp³-hybridized carbons (Fsp3) is 0.444. The lowest BCUT2D eigenvalue weighted by Crippen LogP contribution is -2.05. The largest absolute Gasteiger partial charge is 0.498 e. The van der Waals surface area contributed by atoms with E-state index in [9.17, 15) is 4.79 Å². The highest BCUT2D eigenvalue weighted by Crippen LogP contribution is 2.01. The first-order valence-electron chi connectivity index (χ1n) is 3.85. The van der Waals surface area contributed by atoms with E-state index in [0.717, 1.165) is 0 Å². The van der Waals surface area contributed by atoms with Crippen molar-refractivity contribution in [2.45, 2.75) is 13.8 Å². The highest BCUT2D eigenvalue weighted by molar-refractivity contribution is 5.88. The number of carbonyl (C=O) groups is 1. The second-order valence-corrected chi connectivity index (χ2v) is 2.49. The molecule has 0 atom stereocenters. The van der Waals surface area contributed by atoms with Crippen LogP contribution in [0.15, 0.2) is 24.2 Å². The summed E-state index contributed by atoms with van der Waals surface area (Å²) in [6.07, 6.45) is 1.25. The van der Waals surface area contributed by atoms with Gasteiger partial charge in [-0.25, -0.2) is 4.79 Å². The van der Waals surface area contributed by atoms with Gasteiger partial charge in [-0.15, -0.1) is 0 Å². The number of hydrogen-bond acceptors (Lipinski definition) is 4. The third-order valence-corrected chi connectivity index (χ3v) is 1.06. The summed E-state index contributed by atoms with van der Waals surface area (Å²) in [5.41, 5.74) is 0.330. The molecule has 74 valence electrons. The second-order valence-electron chi connectivity index (χ2n) is 2.49. The number of rotatable bonds is 5. The molecule has 0 aromatic rings.